The summed E-state index contributed by atoms with van der Waals surface area (Å²) in [5, 5.41) is 17.7. The molecule has 0 saturated heterocycles. The van der Waals surface area contributed by atoms with Gasteiger partial charge in [0.25, 0.3) is 5.91 Å². The zero-order valence-corrected chi connectivity index (χ0v) is 8.01. The molecule has 8 heteroatoms. The molecular formula is C7H10N4O4. The summed E-state index contributed by atoms with van der Waals surface area (Å²) >= 11 is 0. The standard InChI is InChI=1S/C7H10N4O4/c1-15-7(14)8-6(13)3-11-2-5(4-12)9-10-11/h2,12H,3-4H2,1H3,(H,8,13,14). The Morgan fingerprint density at radius 2 is 2.40 bits per heavy atom. The highest BCUT2D eigenvalue weighted by atomic mass is 16.5. The van der Waals surface area contributed by atoms with E-state index in [1.165, 1.54) is 10.9 Å². The molecule has 0 bridgehead atoms. The van der Waals surface area contributed by atoms with Crippen molar-refractivity contribution in [3.05, 3.63) is 11.9 Å². The van der Waals surface area contributed by atoms with Gasteiger partial charge in [-0.2, -0.15) is 0 Å². The number of carbonyl (C=O) groups excluding carboxylic acids is 2. The maximum atomic E-state index is 11.1. The van der Waals surface area contributed by atoms with Crippen LogP contribution in [0.15, 0.2) is 6.20 Å². The Balaban J connectivity index is 2.47. The SMILES string of the molecule is COC(=O)NC(=O)Cn1cc(CO)nn1. The van der Waals surface area contributed by atoms with Crippen molar-refractivity contribution >= 4 is 12.0 Å². The molecule has 1 aromatic heterocycles. The van der Waals surface area contributed by atoms with Crippen LogP contribution in [-0.4, -0.2) is 39.2 Å². The molecule has 0 aromatic carbocycles. The molecule has 2 amide bonds. The van der Waals surface area contributed by atoms with Crippen molar-refractivity contribution in [2.75, 3.05) is 7.11 Å². The third-order valence-electron chi connectivity index (χ3n) is 1.48. The van der Waals surface area contributed by atoms with Gasteiger partial charge in [-0.15, -0.1) is 5.10 Å². The van der Waals surface area contributed by atoms with Crippen LogP contribution >= 0.6 is 0 Å². The number of aliphatic hydroxyl groups is 1. The van der Waals surface area contributed by atoms with E-state index >= 15 is 0 Å². The first-order chi connectivity index (χ1) is 7.15. The summed E-state index contributed by atoms with van der Waals surface area (Å²) in [4.78, 5) is 21.8. The Hall–Kier alpha value is -1.96. The van der Waals surface area contributed by atoms with Crippen LogP contribution in [0.1, 0.15) is 5.69 Å². The zero-order valence-electron chi connectivity index (χ0n) is 8.01. The highest BCUT2D eigenvalue weighted by molar-refractivity contribution is 5.91. The Kier molecular flexibility index (Phi) is 3.75. The monoisotopic (exact) mass is 214 g/mol. The molecule has 8 nitrogen and oxygen atoms in total. The average Bonchev–Trinajstić information content (AvgIpc) is 2.65. The molecule has 0 fully saturated rings. The molecule has 0 aliphatic carbocycles. The number of nitrogens with one attached hydrogen (secondary N) is 1. The minimum absolute atomic E-state index is 0.165. The van der Waals surface area contributed by atoms with Crippen LogP contribution in [0.4, 0.5) is 4.79 Å². The van der Waals surface area contributed by atoms with Crippen molar-refractivity contribution in [1.29, 1.82) is 0 Å². The van der Waals surface area contributed by atoms with Gasteiger partial charge in [0.15, 0.2) is 0 Å². The average molecular weight is 214 g/mol. The third kappa shape index (κ3) is 3.35. The molecule has 82 valence electrons. The summed E-state index contributed by atoms with van der Waals surface area (Å²) in [6, 6.07) is 0. The first-order valence-electron chi connectivity index (χ1n) is 4.03. The molecule has 15 heavy (non-hydrogen) atoms. The lowest BCUT2D eigenvalue weighted by atomic mass is 10.5. The number of rotatable bonds is 3. The Bertz CT molecular complexity index is 362. The number of hydrogen-bond acceptors (Lipinski definition) is 6. The van der Waals surface area contributed by atoms with Crippen LogP contribution in [0.25, 0.3) is 0 Å². The summed E-state index contributed by atoms with van der Waals surface area (Å²) in [6.07, 6.45) is 0.569. The van der Waals surface area contributed by atoms with Crippen molar-refractivity contribution in [3.63, 3.8) is 0 Å². The van der Waals surface area contributed by atoms with Gasteiger partial charge in [-0.25, -0.2) is 9.48 Å². The van der Waals surface area contributed by atoms with Crippen LogP contribution in [0, 0.1) is 0 Å². The number of nitrogens with zero attached hydrogens (tertiary/aromatic N) is 3. The van der Waals surface area contributed by atoms with E-state index in [2.05, 4.69) is 15.0 Å². The molecule has 1 heterocycles. The molecule has 0 saturated carbocycles. The fraction of sp³-hybridized carbons (Fsp3) is 0.429. The number of carbonyl (C=O) groups is 2. The third-order valence-corrected chi connectivity index (χ3v) is 1.48. The molecule has 0 atom stereocenters. The van der Waals surface area contributed by atoms with Crippen LogP contribution < -0.4 is 5.32 Å². The van der Waals surface area contributed by atoms with Crippen molar-refractivity contribution in [2.45, 2.75) is 13.2 Å². The van der Waals surface area contributed by atoms with Gasteiger partial charge < -0.3 is 9.84 Å². The molecule has 2 N–H and O–H groups in total. The van der Waals surface area contributed by atoms with E-state index in [-0.39, 0.29) is 13.2 Å². The van der Waals surface area contributed by atoms with E-state index in [4.69, 9.17) is 5.11 Å². The predicted octanol–water partition coefficient (Wildman–Crippen LogP) is -1.35. The molecule has 1 rings (SSSR count). The number of aromatic nitrogens is 3. The van der Waals surface area contributed by atoms with Gasteiger partial charge in [-0.3, -0.25) is 10.1 Å². The largest absolute Gasteiger partial charge is 0.453 e. The van der Waals surface area contributed by atoms with E-state index in [0.29, 0.717) is 5.69 Å². The molecular weight excluding hydrogens is 204 g/mol. The quantitative estimate of drug-likeness (QED) is 0.644. The lowest BCUT2D eigenvalue weighted by molar-refractivity contribution is -0.121. The van der Waals surface area contributed by atoms with Gasteiger partial charge in [-0.1, -0.05) is 5.21 Å². The molecule has 0 aliphatic rings. The maximum Gasteiger partial charge on any atom is 0.413 e. The first-order valence-corrected chi connectivity index (χ1v) is 4.03. The Morgan fingerprint density at radius 1 is 1.67 bits per heavy atom. The maximum absolute atomic E-state index is 11.1. The summed E-state index contributed by atoms with van der Waals surface area (Å²) in [6.45, 7) is -0.416. The summed E-state index contributed by atoms with van der Waals surface area (Å²) in [7, 11) is 1.15. The fourth-order valence-corrected chi connectivity index (χ4v) is 0.840. The van der Waals surface area contributed by atoms with Crippen LogP contribution in [0.5, 0.6) is 0 Å². The van der Waals surface area contributed by atoms with Crippen molar-refractivity contribution in [3.8, 4) is 0 Å². The number of hydrogen-bond donors (Lipinski definition) is 2. The van der Waals surface area contributed by atoms with E-state index in [1.807, 2.05) is 5.32 Å². The van der Waals surface area contributed by atoms with E-state index in [0.717, 1.165) is 7.11 Å². The van der Waals surface area contributed by atoms with Gasteiger partial charge >= 0.3 is 6.09 Å². The number of ether oxygens (including phenoxy) is 1. The van der Waals surface area contributed by atoms with Gasteiger partial charge in [0.1, 0.15) is 12.2 Å². The number of amides is 2. The zero-order chi connectivity index (χ0) is 11.3. The second-order valence-electron chi connectivity index (χ2n) is 2.61. The summed E-state index contributed by atoms with van der Waals surface area (Å²) < 4.78 is 5.43. The van der Waals surface area contributed by atoms with E-state index < -0.39 is 12.0 Å². The highest BCUT2D eigenvalue weighted by Crippen LogP contribution is 1.91. The van der Waals surface area contributed by atoms with Crippen LogP contribution in [0.2, 0.25) is 0 Å². The number of alkyl carbamates (subject to hydrolysis) is 1. The summed E-state index contributed by atoms with van der Waals surface area (Å²) in [5.74, 6) is -0.573. The van der Waals surface area contributed by atoms with E-state index in [1.54, 1.807) is 0 Å². The first kappa shape index (κ1) is 11.1. The molecule has 0 aliphatic heterocycles. The Morgan fingerprint density at radius 3 is 2.93 bits per heavy atom. The number of methoxy groups -OCH3 is 1. The van der Waals surface area contributed by atoms with Crippen LogP contribution in [0.3, 0.4) is 0 Å². The van der Waals surface area contributed by atoms with Crippen molar-refractivity contribution in [2.24, 2.45) is 0 Å². The van der Waals surface area contributed by atoms with Gasteiger partial charge in [0.2, 0.25) is 0 Å². The smallest absolute Gasteiger partial charge is 0.413 e. The summed E-state index contributed by atoms with van der Waals surface area (Å²) in [5.41, 5.74) is 0.348. The topological polar surface area (TPSA) is 106 Å². The molecule has 0 spiro atoms. The van der Waals surface area contributed by atoms with Gasteiger partial charge in [0, 0.05) is 0 Å². The predicted molar refractivity (Wildman–Crippen MR) is 46.5 cm³/mol. The number of imide groups is 1. The normalized spacial score (nSPS) is 9.73. The van der Waals surface area contributed by atoms with Gasteiger partial charge in [0.05, 0.1) is 19.9 Å². The van der Waals surface area contributed by atoms with Crippen LogP contribution in [-0.2, 0) is 22.7 Å². The highest BCUT2D eigenvalue weighted by Gasteiger charge is 2.09. The van der Waals surface area contributed by atoms with Gasteiger partial charge in [-0.05, 0) is 0 Å². The second kappa shape index (κ2) is 5.05. The minimum Gasteiger partial charge on any atom is -0.453 e. The van der Waals surface area contributed by atoms with Crippen molar-refractivity contribution in [1.82, 2.24) is 20.3 Å². The second-order valence-corrected chi connectivity index (χ2v) is 2.61. The molecule has 0 unspecified atom stereocenters. The van der Waals surface area contributed by atoms with E-state index in [9.17, 15) is 9.59 Å². The lowest BCUT2D eigenvalue weighted by Crippen LogP contribution is -2.33. The fourth-order valence-electron chi connectivity index (χ4n) is 0.840. The lowest BCUT2D eigenvalue weighted by Gasteiger charge is -2.01. The number of aliphatic hydroxyl groups excluding tert-OH is 1. The van der Waals surface area contributed by atoms with Crippen molar-refractivity contribution < 1.29 is 19.4 Å². The Labute approximate surface area is 84.8 Å². The molecule has 0 radical (unpaired) electrons. The molecule has 1 aromatic rings. The minimum atomic E-state index is -0.831.